The van der Waals surface area contributed by atoms with Crippen molar-refractivity contribution >= 4 is 23.0 Å². The molecule has 0 bridgehead atoms. The third-order valence-corrected chi connectivity index (χ3v) is 5.36. The number of aliphatic carboxylic acids is 1. The van der Waals surface area contributed by atoms with Gasteiger partial charge in [0.15, 0.2) is 0 Å². The van der Waals surface area contributed by atoms with Crippen molar-refractivity contribution in [1.29, 1.82) is 0 Å². The van der Waals surface area contributed by atoms with E-state index in [9.17, 15) is 14.7 Å². The quantitative estimate of drug-likeness (QED) is 0.908. The van der Waals surface area contributed by atoms with Gasteiger partial charge in [0.2, 0.25) is 0 Å². The van der Waals surface area contributed by atoms with Gasteiger partial charge < -0.3 is 14.5 Å². The standard InChI is InChI=1S/C17H19N3O4/c1-9-12-6-11(8-18-15(12)24-19-9)16(21)20-13-5-3-2-4-10(13)7-14(20)17(22)23/h6,8,10,13-14H,2-5,7H2,1H3,(H,22,23). The van der Waals surface area contributed by atoms with Gasteiger partial charge in [0.1, 0.15) is 6.04 Å². The van der Waals surface area contributed by atoms with E-state index in [-0.39, 0.29) is 17.9 Å². The Balaban J connectivity index is 1.71. The summed E-state index contributed by atoms with van der Waals surface area (Å²) in [5.74, 6) is -0.891. The highest BCUT2D eigenvalue weighted by molar-refractivity contribution is 5.99. The topological polar surface area (TPSA) is 96.5 Å². The highest BCUT2D eigenvalue weighted by Crippen LogP contribution is 2.40. The average Bonchev–Trinajstić information content (AvgIpc) is 3.15. The van der Waals surface area contributed by atoms with Crippen LogP contribution >= 0.6 is 0 Å². The van der Waals surface area contributed by atoms with Crippen molar-refractivity contribution in [2.75, 3.05) is 0 Å². The van der Waals surface area contributed by atoms with E-state index < -0.39 is 12.0 Å². The average molecular weight is 329 g/mol. The number of likely N-dealkylation sites (tertiary alicyclic amines) is 1. The van der Waals surface area contributed by atoms with Crippen molar-refractivity contribution in [1.82, 2.24) is 15.0 Å². The molecule has 1 saturated heterocycles. The molecule has 3 unspecified atom stereocenters. The normalized spacial score (nSPS) is 26.5. The number of hydrogen-bond acceptors (Lipinski definition) is 5. The van der Waals surface area contributed by atoms with Gasteiger partial charge in [-0.2, -0.15) is 0 Å². The number of amides is 1. The van der Waals surface area contributed by atoms with Gasteiger partial charge in [-0.05, 0) is 38.2 Å². The first kappa shape index (κ1) is 15.1. The van der Waals surface area contributed by atoms with Crippen LogP contribution in [0, 0.1) is 12.8 Å². The van der Waals surface area contributed by atoms with Gasteiger partial charge in [-0.3, -0.25) is 4.79 Å². The van der Waals surface area contributed by atoms with E-state index in [0.29, 0.717) is 28.8 Å². The largest absolute Gasteiger partial charge is 0.480 e. The lowest BCUT2D eigenvalue weighted by Crippen LogP contribution is -2.46. The Morgan fingerprint density at radius 2 is 2.12 bits per heavy atom. The first-order valence-electron chi connectivity index (χ1n) is 8.33. The number of pyridine rings is 1. The Labute approximate surface area is 138 Å². The molecule has 2 aliphatic rings. The summed E-state index contributed by atoms with van der Waals surface area (Å²) < 4.78 is 5.07. The lowest BCUT2D eigenvalue weighted by Gasteiger charge is -2.33. The van der Waals surface area contributed by atoms with Crippen molar-refractivity contribution in [3.63, 3.8) is 0 Å². The molecule has 1 aliphatic carbocycles. The van der Waals surface area contributed by atoms with Crippen LogP contribution in [-0.2, 0) is 4.79 Å². The second-order valence-electron chi connectivity index (χ2n) is 6.76. The number of aromatic nitrogens is 2. The van der Waals surface area contributed by atoms with Crippen molar-refractivity contribution in [3.05, 3.63) is 23.5 Å². The molecule has 24 heavy (non-hydrogen) atoms. The van der Waals surface area contributed by atoms with Gasteiger partial charge in [0.05, 0.1) is 16.6 Å². The predicted molar refractivity (Wildman–Crippen MR) is 84.5 cm³/mol. The summed E-state index contributed by atoms with van der Waals surface area (Å²) in [5.41, 5.74) is 1.45. The number of aryl methyl sites for hydroxylation is 1. The van der Waals surface area contributed by atoms with Crippen LogP contribution in [0.3, 0.4) is 0 Å². The molecular weight excluding hydrogens is 310 g/mol. The number of carbonyl (C=O) groups is 2. The van der Waals surface area contributed by atoms with Gasteiger partial charge in [-0.15, -0.1) is 0 Å². The fourth-order valence-electron chi connectivity index (χ4n) is 4.18. The third kappa shape index (κ3) is 2.26. The highest BCUT2D eigenvalue weighted by atomic mass is 16.5. The van der Waals surface area contributed by atoms with Crippen molar-refractivity contribution in [2.24, 2.45) is 5.92 Å². The molecule has 1 saturated carbocycles. The van der Waals surface area contributed by atoms with Crippen LogP contribution in [0.15, 0.2) is 16.8 Å². The number of carboxylic acid groups (broad SMARTS) is 1. The van der Waals surface area contributed by atoms with Crippen LogP contribution in [0.4, 0.5) is 0 Å². The fraction of sp³-hybridized carbons (Fsp3) is 0.529. The van der Waals surface area contributed by atoms with E-state index >= 15 is 0 Å². The molecule has 2 aromatic heterocycles. The maximum absolute atomic E-state index is 13.1. The molecule has 1 aliphatic heterocycles. The maximum atomic E-state index is 13.1. The van der Waals surface area contributed by atoms with Crippen LogP contribution in [0.1, 0.15) is 48.2 Å². The SMILES string of the molecule is Cc1noc2ncc(C(=O)N3C(C(=O)O)CC4CCCCC43)cc12. The van der Waals surface area contributed by atoms with Crippen LogP contribution < -0.4 is 0 Å². The summed E-state index contributed by atoms with van der Waals surface area (Å²) in [6.07, 6.45) is 6.03. The van der Waals surface area contributed by atoms with E-state index in [1.807, 2.05) is 0 Å². The molecule has 1 amide bonds. The molecule has 7 heteroatoms. The summed E-state index contributed by atoms with van der Waals surface area (Å²) >= 11 is 0. The van der Waals surface area contributed by atoms with Gasteiger partial charge in [0, 0.05) is 12.2 Å². The van der Waals surface area contributed by atoms with Crippen LogP contribution in [0.25, 0.3) is 11.1 Å². The molecular formula is C17H19N3O4. The van der Waals surface area contributed by atoms with E-state index in [4.69, 9.17) is 4.52 Å². The van der Waals surface area contributed by atoms with E-state index in [1.165, 1.54) is 6.20 Å². The van der Waals surface area contributed by atoms with E-state index in [0.717, 1.165) is 25.7 Å². The van der Waals surface area contributed by atoms with Crippen LogP contribution in [-0.4, -0.2) is 44.1 Å². The lowest BCUT2D eigenvalue weighted by atomic mass is 9.84. The number of hydrogen-bond donors (Lipinski definition) is 1. The molecule has 0 radical (unpaired) electrons. The number of nitrogens with zero attached hydrogens (tertiary/aromatic N) is 3. The molecule has 3 atom stereocenters. The van der Waals surface area contributed by atoms with Gasteiger partial charge >= 0.3 is 5.97 Å². The molecule has 2 fully saturated rings. The Hall–Kier alpha value is -2.44. The zero-order valence-electron chi connectivity index (χ0n) is 13.4. The first-order valence-corrected chi connectivity index (χ1v) is 8.33. The molecule has 2 aromatic rings. The second-order valence-corrected chi connectivity index (χ2v) is 6.76. The second kappa shape index (κ2) is 5.58. The van der Waals surface area contributed by atoms with Crippen LogP contribution in [0.2, 0.25) is 0 Å². The summed E-state index contributed by atoms with van der Waals surface area (Å²) in [6.45, 7) is 1.79. The Morgan fingerprint density at radius 3 is 2.92 bits per heavy atom. The Morgan fingerprint density at radius 1 is 1.33 bits per heavy atom. The first-order chi connectivity index (χ1) is 11.6. The zero-order chi connectivity index (χ0) is 16.8. The molecule has 4 rings (SSSR count). The van der Waals surface area contributed by atoms with Crippen molar-refractivity contribution in [3.8, 4) is 0 Å². The molecule has 126 valence electrons. The minimum absolute atomic E-state index is 0.0200. The molecule has 0 aromatic carbocycles. The number of fused-ring (bicyclic) bond motifs is 2. The fourth-order valence-corrected chi connectivity index (χ4v) is 4.18. The monoisotopic (exact) mass is 329 g/mol. The van der Waals surface area contributed by atoms with E-state index in [2.05, 4.69) is 10.1 Å². The number of carboxylic acids is 1. The van der Waals surface area contributed by atoms with E-state index in [1.54, 1.807) is 17.9 Å². The van der Waals surface area contributed by atoms with Gasteiger partial charge in [-0.25, -0.2) is 9.78 Å². The summed E-state index contributed by atoms with van der Waals surface area (Å²) in [5, 5.41) is 14.1. The summed E-state index contributed by atoms with van der Waals surface area (Å²) in [6, 6.07) is 0.974. The van der Waals surface area contributed by atoms with Crippen molar-refractivity contribution < 1.29 is 19.2 Å². The lowest BCUT2D eigenvalue weighted by molar-refractivity contribution is -0.141. The molecule has 7 nitrogen and oxygen atoms in total. The minimum Gasteiger partial charge on any atom is -0.480 e. The molecule has 3 heterocycles. The highest BCUT2D eigenvalue weighted by Gasteiger charge is 2.47. The van der Waals surface area contributed by atoms with Gasteiger partial charge in [0.25, 0.3) is 11.6 Å². The smallest absolute Gasteiger partial charge is 0.326 e. The van der Waals surface area contributed by atoms with Crippen LogP contribution in [0.5, 0.6) is 0 Å². The predicted octanol–water partition coefficient (Wildman–Crippen LogP) is 2.39. The summed E-state index contributed by atoms with van der Waals surface area (Å²) in [4.78, 5) is 30.5. The molecule has 0 spiro atoms. The Kier molecular flexibility index (Phi) is 3.51. The number of rotatable bonds is 2. The maximum Gasteiger partial charge on any atom is 0.326 e. The zero-order valence-corrected chi connectivity index (χ0v) is 13.4. The third-order valence-electron chi connectivity index (χ3n) is 5.36. The minimum atomic E-state index is -0.923. The summed E-state index contributed by atoms with van der Waals surface area (Å²) in [7, 11) is 0. The van der Waals surface area contributed by atoms with Crippen molar-refractivity contribution in [2.45, 2.75) is 51.1 Å². The molecule has 1 N–H and O–H groups in total. The number of carbonyl (C=O) groups excluding carboxylic acids is 1. The van der Waals surface area contributed by atoms with Gasteiger partial charge in [-0.1, -0.05) is 18.0 Å². The Bertz CT molecular complexity index is 815.